The molecule has 0 amide bonds. The SMILES string of the molecule is ClC1CCCCC(Cl)C1. The van der Waals surface area contributed by atoms with Gasteiger partial charge in [0.25, 0.3) is 0 Å². The van der Waals surface area contributed by atoms with Crippen LogP contribution in [0.25, 0.3) is 0 Å². The molecular weight excluding hydrogens is 155 g/mol. The zero-order valence-corrected chi connectivity index (χ0v) is 6.96. The Bertz CT molecular complexity index is 73.0. The summed E-state index contributed by atoms with van der Waals surface area (Å²) in [5.74, 6) is 0. The Morgan fingerprint density at radius 2 is 1.33 bits per heavy atom. The molecule has 0 aromatic heterocycles. The average Bonchev–Trinajstić information content (AvgIpc) is 1.93. The fourth-order valence-electron chi connectivity index (χ4n) is 1.24. The Kier molecular flexibility index (Phi) is 3.14. The highest BCUT2D eigenvalue weighted by atomic mass is 35.5. The maximum absolute atomic E-state index is 5.93. The number of alkyl halides is 2. The predicted molar refractivity (Wildman–Crippen MR) is 42.4 cm³/mol. The van der Waals surface area contributed by atoms with Crippen molar-refractivity contribution < 1.29 is 0 Å². The molecule has 0 nitrogen and oxygen atoms in total. The molecule has 1 aliphatic carbocycles. The van der Waals surface area contributed by atoms with Crippen LogP contribution in [0.2, 0.25) is 0 Å². The maximum Gasteiger partial charge on any atom is 0.0350 e. The fourth-order valence-corrected chi connectivity index (χ4v) is 2.07. The number of hydrogen-bond donors (Lipinski definition) is 0. The lowest BCUT2D eigenvalue weighted by molar-refractivity contribution is 0.705. The molecule has 1 rings (SSSR count). The van der Waals surface area contributed by atoms with Crippen LogP contribution in [0.4, 0.5) is 0 Å². The van der Waals surface area contributed by atoms with Gasteiger partial charge in [0, 0.05) is 10.8 Å². The third-order valence-corrected chi connectivity index (χ3v) is 2.59. The van der Waals surface area contributed by atoms with E-state index < -0.39 is 0 Å². The molecular formula is C7H12Cl2. The minimum Gasteiger partial charge on any atom is -0.123 e. The molecule has 1 fully saturated rings. The molecule has 2 heteroatoms. The van der Waals surface area contributed by atoms with Gasteiger partial charge in [-0.1, -0.05) is 12.8 Å². The summed E-state index contributed by atoms with van der Waals surface area (Å²) in [6, 6.07) is 0. The van der Waals surface area contributed by atoms with Crippen LogP contribution < -0.4 is 0 Å². The summed E-state index contributed by atoms with van der Waals surface area (Å²) in [7, 11) is 0. The van der Waals surface area contributed by atoms with Gasteiger partial charge in [0.15, 0.2) is 0 Å². The monoisotopic (exact) mass is 166 g/mol. The van der Waals surface area contributed by atoms with E-state index in [-0.39, 0.29) is 0 Å². The van der Waals surface area contributed by atoms with Crippen molar-refractivity contribution in [2.24, 2.45) is 0 Å². The van der Waals surface area contributed by atoms with E-state index in [1.165, 1.54) is 12.8 Å². The second-order valence-electron chi connectivity index (χ2n) is 2.71. The molecule has 0 aromatic rings. The Balaban J connectivity index is 2.29. The molecule has 0 spiro atoms. The van der Waals surface area contributed by atoms with Gasteiger partial charge < -0.3 is 0 Å². The molecule has 0 aliphatic heterocycles. The van der Waals surface area contributed by atoms with E-state index in [0.29, 0.717) is 10.8 Å². The Morgan fingerprint density at radius 1 is 0.889 bits per heavy atom. The summed E-state index contributed by atoms with van der Waals surface area (Å²) in [6.45, 7) is 0. The van der Waals surface area contributed by atoms with E-state index in [1.807, 2.05) is 0 Å². The number of hydrogen-bond acceptors (Lipinski definition) is 0. The van der Waals surface area contributed by atoms with E-state index in [4.69, 9.17) is 23.2 Å². The first-order chi connectivity index (χ1) is 4.29. The van der Waals surface area contributed by atoms with Crippen LogP contribution in [0, 0.1) is 0 Å². The summed E-state index contributed by atoms with van der Waals surface area (Å²) in [5, 5.41) is 0.685. The lowest BCUT2D eigenvalue weighted by Gasteiger charge is -2.06. The maximum atomic E-state index is 5.93. The Hall–Kier alpha value is 0.580. The third kappa shape index (κ3) is 2.77. The lowest BCUT2D eigenvalue weighted by Crippen LogP contribution is -2.03. The van der Waals surface area contributed by atoms with Crippen LogP contribution in [0.15, 0.2) is 0 Å². The predicted octanol–water partition coefficient (Wildman–Crippen LogP) is 3.17. The molecule has 9 heavy (non-hydrogen) atoms. The average molecular weight is 167 g/mol. The molecule has 1 saturated carbocycles. The van der Waals surface area contributed by atoms with E-state index in [2.05, 4.69) is 0 Å². The van der Waals surface area contributed by atoms with Gasteiger partial charge in [0.05, 0.1) is 0 Å². The van der Waals surface area contributed by atoms with E-state index in [9.17, 15) is 0 Å². The molecule has 0 N–H and O–H groups in total. The molecule has 2 atom stereocenters. The van der Waals surface area contributed by atoms with Crippen LogP contribution in [0.3, 0.4) is 0 Å². The van der Waals surface area contributed by atoms with Crippen molar-refractivity contribution in [1.29, 1.82) is 0 Å². The highest BCUT2D eigenvalue weighted by molar-refractivity contribution is 6.23. The normalized spacial score (nSPS) is 38.0. The second-order valence-corrected chi connectivity index (χ2v) is 3.95. The van der Waals surface area contributed by atoms with Gasteiger partial charge in [-0.25, -0.2) is 0 Å². The van der Waals surface area contributed by atoms with Crippen molar-refractivity contribution in [2.75, 3.05) is 0 Å². The number of halogens is 2. The topological polar surface area (TPSA) is 0 Å². The first-order valence-corrected chi connectivity index (χ1v) is 4.44. The van der Waals surface area contributed by atoms with E-state index in [1.54, 1.807) is 0 Å². The van der Waals surface area contributed by atoms with Crippen LogP contribution in [0.1, 0.15) is 32.1 Å². The zero-order chi connectivity index (χ0) is 6.69. The van der Waals surface area contributed by atoms with E-state index in [0.717, 1.165) is 19.3 Å². The second kappa shape index (κ2) is 3.68. The summed E-state index contributed by atoms with van der Waals surface area (Å²) in [5.41, 5.74) is 0. The van der Waals surface area contributed by atoms with Crippen LogP contribution in [-0.2, 0) is 0 Å². The molecule has 0 saturated heterocycles. The smallest absolute Gasteiger partial charge is 0.0350 e. The van der Waals surface area contributed by atoms with Crippen molar-refractivity contribution in [1.82, 2.24) is 0 Å². The Morgan fingerprint density at radius 3 is 1.78 bits per heavy atom. The zero-order valence-electron chi connectivity index (χ0n) is 5.45. The third-order valence-electron chi connectivity index (χ3n) is 1.80. The minimum atomic E-state index is 0.343. The molecule has 0 heterocycles. The molecule has 1 aliphatic rings. The van der Waals surface area contributed by atoms with Crippen LogP contribution in [-0.4, -0.2) is 10.8 Å². The van der Waals surface area contributed by atoms with Gasteiger partial charge in [-0.3, -0.25) is 0 Å². The highest BCUT2D eigenvalue weighted by Crippen LogP contribution is 2.25. The van der Waals surface area contributed by atoms with Crippen molar-refractivity contribution in [2.45, 2.75) is 42.9 Å². The van der Waals surface area contributed by atoms with Gasteiger partial charge in [-0.2, -0.15) is 0 Å². The lowest BCUT2D eigenvalue weighted by atomic mass is 10.2. The standard InChI is InChI=1S/C7H12Cl2/c8-6-3-1-2-4-7(9)5-6/h6-7H,1-5H2. The fraction of sp³-hybridized carbons (Fsp3) is 1.00. The molecule has 0 radical (unpaired) electrons. The summed E-state index contributed by atoms with van der Waals surface area (Å²) < 4.78 is 0. The minimum absolute atomic E-state index is 0.343. The van der Waals surface area contributed by atoms with Crippen LogP contribution >= 0.6 is 23.2 Å². The van der Waals surface area contributed by atoms with Gasteiger partial charge in [-0.15, -0.1) is 23.2 Å². The number of rotatable bonds is 0. The van der Waals surface area contributed by atoms with Gasteiger partial charge >= 0.3 is 0 Å². The summed E-state index contributed by atoms with van der Waals surface area (Å²) in [6.07, 6.45) is 5.84. The quantitative estimate of drug-likeness (QED) is 0.384. The highest BCUT2D eigenvalue weighted by Gasteiger charge is 2.15. The van der Waals surface area contributed by atoms with E-state index >= 15 is 0 Å². The van der Waals surface area contributed by atoms with Gasteiger partial charge in [0.2, 0.25) is 0 Å². The molecule has 2 unspecified atom stereocenters. The van der Waals surface area contributed by atoms with Crippen molar-refractivity contribution in [3.8, 4) is 0 Å². The summed E-state index contributed by atoms with van der Waals surface area (Å²) >= 11 is 11.9. The van der Waals surface area contributed by atoms with Gasteiger partial charge in [0.1, 0.15) is 0 Å². The molecule has 0 aromatic carbocycles. The van der Waals surface area contributed by atoms with Crippen molar-refractivity contribution in [3.05, 3.63) is 0 Å². The first kappa shape index (κ1) is 7.68. The van der Waals surface area contributed by atoms with Crippen molar-refractivity contribution >= 4 is 23.2 Å². The summed E-state index contributed by atoms with van der Waals surface area (Å²) in [4.78, 5) is 0. The molecule has 0 bridgehead atoms. The Labute approximate surface area is 66.5 Å². The largest absolute Gasteiger partial charge is 0.123 e. The van der Waals surface area contributed by atoms with Gasteiger partial charge in [-0.05, 0) is 19.3 Å². The molecule has 54 valence electrons. The first-order valence-electron chi connectivity index (χ1n) is 3.57. The van der Waals surface area contributed by atoms with Crippen LogP contribution in [0.5, 0.6) is 0 Å². The van der Waals surface area contributed by atoms with Crippen molar-refractivity contribution in [3.63, 3.8) is 0 Å².